The summed E-state index contributed by atoms with van der Waals surface area (Å²) < 4.78 is 0. The lowest BCUT2D eigenvalue weighted by molar-refractivity contribution is -0.116. The molecule has 1 nitrogen and oxygen atoms in total. The van der Waals surface area contributed by atoms with Crippen LogP contribution in [-0.4, -0.2) is 6.29 Å². The normalized spacial score (nSPS) is 34.3. The molecule has 0 bridgehead atoms. The predicted molar refractivity (Wildman–Crippen MR) is 48.9 cm³/mol. The van der Waals surface area contributed by atoms with Crippen LogP contribution in [-0.2, 0) is 4.79 Å². The second kappa shape index (κ2) is 2.34. The highest BCUT2D eigenvalue weighted by molar-refractivity contribution is 5.58. The molecule has 2 saturated carbocycles. The molecule has 1 spiro atoms. The van der Waals surface area contributed by atoms with Crippen LogP contribution in [0.2, 0.25) is 0 Å². The van der Waals surface area contributed by atoms with Gasteiger partial charge in [-0.1, -0.05) is 13.8 Å². The van der Waals surface area contributed by atoms with E-state index >= 15 is 0 Å². The van der Waals surface area contributed by atoms with Crippen LogP contribution in [0.3, 0.4) is 0 Å². The van der Waals surface area contributed by atoms with Crippen LogP contribution in [0, 0.1) is 16.7 Å². The lowest BCUT2D eigenvalue weighted by Crippen LogP contribution is -2.18. The van der Waals surface area contributed by atoms with E-state index < -0.39 is 0 Å². The molecular weight excluding hydrogens is 148 g/mol. The molecule has 68 valence electrons. The molecule has 0 heterocycles. The van der Waals surface area contributed by atoms with Gasteiger partial charge in [0.25, 0.3) is 0 Å². The average Bonchev–Trinajstić information content (AvgIpc) is 2.96. The van der Waals surface area contributed by atoms with Crippen LogP contribution in [0.4, 0.5) is 0 Å². The molecule has 2 atom stereocenters. The molecule has 0 aliphatic heterocycles. The van der Waals surface area contributed by atoms with Crippen LogP contribution >= 0.6 is 0 Å². The molecule has 0 radical (unpaired) electrons. The Labute approximate surface area is 74.5 Å². The fourth-order valence-electron chi connectivity index (χ4n) is 2.33. The highest BCUT2D eigenvalue weighted by Gasteiger charge is 2.63. The Bertz CT molecular complexity index is 205. The number of aldehydes is 1. The maximum atomic E-state index is 10.9. The predicted octanol–water partition coefficient (Wildman–Crippen LogP) is 2.79. The number of hydrogen-bond acceptors (Lipinski definition) is 1. The summed E-state index contributed by atoms with van der Waals surface area (Å²) in [4.78, 5) is 10.9. The van der Waals surface area contributed by atoms with E-state index in [2.05, 4.69) is 13.8 Å². The largest absolute Gasteiger partial charge is 0.303 e. The van der Waals surface area contributed by atoms with Gasteiger partial charge in [0.05, 0.1) is 0 Å². The molecule has 1 heteroatoms. The molecule has 0 aromatic heterocycles. The van der Waals surface area contributed by atoms with Crippen LogP contribution in [0.15, 0.2) is 0 Å². The van der Waals surface area contributed by atoms with Gasteiger partial charge in [-0.25, -0.2) is 0 Å². The van der Waals surface area contributed by atoms with E-state index in [1.807, 2.05) is 0 Å². The topological polar surface area (TPSA) is 17.1 Å². The maximum absolute atomic E-state index is 10.9. The molecule has 2 aliphatic carbocycles. The molecule has 2 rings (SSSR count). The Balaban J connectivity index is 1.88. The third kappa shape index (κ3) is 1.19. The first kappa shape index (κ1) is 8.28. The van der Waals surface area contributed by atoms with Crippen molar-refractivity contribution in [2.75, 3.05) is 0 Å². The molecule has 0 N–H and O–H groups in total. The van der Waals surface area contributed by atoms with Crippen molar-refractivity contribution in [2.45, 2.75) is 46.0 Å². The van der Waals surface area contributed by atoms with Gasteiger partial charge in [0.15, 0.2) is 0 Å². The van der Waals surface area contributed by atoms with E-state index in [1.54, 1.807) is 0 Å². The summed E-state index contributed by atoms with van der Waals surface area (Å²) >= 11 is 0. The molecule has 0 aromatic carbocycles. The minimum atomic E-state index is -0.0171. The molecule has 0 saturated heterocycles. The van der Waals surface area contributed by atoms with Gasteiger partial charge >= 0.3 is 0 Å². The third-order valence-corrected chi connectivity index (χ3v) is 4.06. The van der Waals surface area contributed by atoms with Crippen molar-refractivity contribution in [2.24, 2.45) is 16.7 Å². The van der Waals surface area contributed by atoms with E-state index in [4.69, 9.17) is 0 Å². The van der Waals surface area contributed by atoms with Crippen molar-refractivity contribution in [3.05, 3.63) is 0 Å². The van der Waals surface area contributed by atoms with Crippen LogP contribution in [0.25, 0.3) is 0 Å². The summed E-state index contributed by atoms with van der Waals surface area (Å²) in [5.41, 5.74) is 0.746. The minimum absolute atomic E-state index is 0.0171. The summed E-state index contributed by atoms with van der Waals surface area (Å²) in [5, 5.41) is 0. The van der Waals surface area contributed by atoms with Gasteiger partial charge < -0.3 is 4.79 Å². The number of rotatable bonds is 4. The maximum Gasteiger partial charge on any atom is 0.125 e. The SMILES string of the molecule is CCC(C)(C=O)CC1CC12CC2. The minimum Gasteiger partial charge on any atom is -0.303 e. The van der Waals surface area contributed by atoms with Crippen LogP contribution in [0.1, 0.15) is 46.0 Å². The summed E-state index contributed by atoms with van der Waals surface area (Å²) in [6.07, 6.45) is 7.61. The standard InChI is InChI=1S/C11H18O/c1-3-10(2,8-12)6-9-7-11(9)4-5-11/h8-9H,3-7H2,1-2H3. The smallest absolute Gasteiger partial charge is 0.125 e. The van der Waals surface area contributed by atoms with Gasteiger partial charge in [-0.2, -0.15) is 0 Å². The molecule has 2 fully saturated rings. The second-order valence-electron chi connectivity index (χ2n) is 5.09. The summed E-state index contributed by atoms with van der Waals surface area (Å²) in [7, 11) is 0. The summed E-state index contributed by atoms with van der Waals surface area (Å²) in [5.74, 6) is 0.896. The van der Waals surface area contributed by atoms with E-state index in [0.29, 0.717) is 0 Å². The van der Waals surface area contributed by atoms with E-state index in [-0.39, 0.29) is 5.41 Å². The third-order valence-electron chi connectivity index (χ3n) is 4.06. The number of carbonyl (C=O) groups is 1. The highest BCUT2D eigenvalue weighted by Crippen LogP contribution is 2.72. The first-order valence-corrected chi connectivity index (χ1v) is 5.10. The van der Waals surface area contributed by atoms with E-state index in [1.165, 1.54) is 25.5 Å². The monoisotopic (exact) mass is 166 g/mol. The zero-order valence-electron chi connectivity index (χ0n) is 8.10. The van der Waals surface area contributed by atoms with Crippen molar-refractivity contribution in [3.63, 3.8) is 0 Å². The van der Waals surface area contributed by atoms with E-state index in [9.17, 15) is 4.79 Å². The van der Waals surface area contributed by atoms with Gasteiger partial charge in [-0.15, -0.1) is 0 Å². The first-order valence-electron chi connectivity index (χ1n) is 5.10. The summed E-state index contributed by atoms with van der Waals surface area (Å²) in [6.45, 7) is 4.23. The fourth-order valence-corrected chi connectivity index (χ4v) is 2.33. The first-order chi connectivity index (χ1) is 5.64. The van der Waals surface area contributed by atoms with Crippen LogP contribution < -0.4 is 0 Å². The fraction of sp³-hybridized carbons (Fsp3) is 0.909. The Morgan fingerprint density at radius 3 is 2.58 bits per heavy atom. The molecule has 2 unspecified atom stereocenters. The zero-order valence-corrected chi connectivity index (χ0v) is 8.10. The van der Waals surface area contributed by atoms with Crippen molar-refractivity contribution in [1.29, 1.82) is 0 Å². The Morgan fingerprint density at radius 1 is 1.58 bits per heavy atom. The highest BCUT2D eigenvalue weighted by atomic mass is 16.1. The Kier molecular flexibility index (Phi) is 1.61. The quantitative estimate of drug-likeness (QED) is 0.587. The second-order valence-corrected chi connectivity index (χ2v) is 5.09. The van der Waals surface area contributed by atoms with Gasteiger partial charge in [0.1, 0.15) is 6.29 Å². The lowest BCUT2D eigenvalue weighted by atomic mass is 9.83. The van der Waals surface area contributed by atoms with Crippen LogP contribution in [0.5, 0.6) is 0 Å². The van der Waals surface area contributed by atoms with Crippen molar-refractivity contribution >= 4 is 6.29 Å². The number of carbonyl (C=O) groups excluding carboxylic acids is 1. The Hall–Kier alpha value is -0.330. The van der Waals surface area contributed by atoms with Gasteiger partial charge in [0, 0.05) is 5.41 Å². The number of hydrogen-bond donors (Lipinski definition) is 0. The van der Waals surface area contributed by atoms with Crippen molar-refractivity contribution < 1.29 is 4.79 Å². The van der Waals surface area contributed by atoms with Gasteiger partial charge in [-0.3, -0.25) is 0 Å². The molecular formula is C11H18O. The molecule has 12 heavy (non-hydrogen) atoms. The van der Waals surface area contributed by atoms with Crippen molar-refractivity contribution in [3.8, 4) is 0 Å². The van der Waals surface area contributed by atoms with Crippen molar-refractivity contribution in [1.82, 2.24) is 0 Å². The van der Waals surface area contributed by atoms with E-state index in [0.717, 1.165) is 24.2 Å². The summed E-state index contributed by atoms with van der Waals surface area (Å²) in [6, 6.07) is 0. The molecule has 0 amide bonds. The lowest BCUT2D eigenvalue weighted by Gasteiger charge is -2.20. The zero-order chi connectivity index (χ0) is 8.82. The average molecular weight is 166 g/mol. The van der Waals surface area contributed by atoms with Gasteiger partial charge in [-0.05, 0) is 43.4 Å². The molecule has 0 aromatic rings. The molecule has 2 aliphatic rings. The Morgan fingerprint density at radius 2 is 2.25 bits per heavy atom. The van der Waals surface area contributed by atoms with Gasteiger partial charge in [0.2, 0.25) is 0 Å².